The molecule has 1 fully saturated rings. The van der Waals surface area contributed by atoms with Gasteiger partial charge in [0.25, 0.3) is 0 Å². The number of anilines is 1. The fraction of sp³-hybridized carbons (Fsp3) is 0.571. The average Bonchev–Trinajstić information content (AvgIpc) is 2.63. The first-order valence-electron chi connectivity index (χ1n) is 6.50. The lowest BCUT2D eigenvalue weighted by atomic mass is 9.87. The molecule has 20 heavy (non-hydrogen) atoms. The molecule has 1 atom stereocenters. The molecule has 1 aliphatic rings. The number of halogens is 4. The van der Waals surface area contributed by atoms with E-state index in [-0.39, 0.29) is 21.2 Å². The van der Waals surface area contributed by atoms with E-state index in [2.05, 4.69) is 23.9 Å². The van der Waals surface area contributed by atoms with E-state index in [4.69, 9.17) is 23.2 Å². The van der Waals surface area contributed by atoms with E-state index in [1.165, 1.54) is 6.42 Å². The van der Waals surface area contributed by atoms with Crippen LogP contribution in [0.25, 0.3) is 0 Å². The third-order valence-corrected chi connectivity index (χ3v) is 4.36. The number of hydrogen-bond donors (Lipinski definition) is 1. The lowest BCUT2D eigenvalue weighted by molar-refractivity contribution is -0.0497. The van der Waals surface area contributed by atoms with Gasteiger partial charge in [0.2, 0.25) is 0 Å². The summed E-state index contributed by atoms with van der Waals surface area (Å²) in [5, 5.41) is 3.54. The van der Waals surface area contributed by atoms with Crippen molar-refractivity contribution in [3.8, 4) is 5.75 Å². The second kappa shape index (κ2) is 5.94. The zero-order chi connectivity index (χ0) is 14.9. The van der Waals surface area contributed by atoms with Gasteiger partial charge in [-0.2, -0.15) is 8.78 Å². The van der Waals surface area contributed by atoms with Crippen LogP contribution < -0.4 is 10.1 Å². The Morgan fingerprint density at radius 3 is 2.35 bits per heavy atom. The molecule has 2 nitrogen and oxygen atoms in total. The van der Waals surface area contributed by atoms with Crippen molar-refractivity contribution >= 4 is 28.9 Å². The summed E-state index contributed by atoms with van der Waals surface area (Å²) in [5.41, 5.74) is 0.915. The number of rotatable bonds is 4. The van der Waals surface area contributed by atoms with Gasteiger partial charge in [0.15, 0.2) is 5.75 Å². The Kier molecular flexibility index (Phi) is 4.65. The van der Waals surface area contributed by atoms with E-state index in [0.717, 1.165) is 18.5 Å². The Bertz CT molecular complexity index is 471. The number of nitrogens with one attached hydrogen (secondary N) is 1. The van der Waals surface area contributed by atoms with Crippen molar-refractivity contribution in [3.05, 3.63) is 22.2 Å². The summed E-state index contributed by atoms with van der Waals surface area (Å²) in [7, 11) is 0. The van der Waals surface area contributed by atoms with Gasteiger partial charge in [0.1, 0.15) is 0 Å². The number of ether oxygens (including phenoxy) is 1. The van der Waals surface area contributed by atoms with Crippen LogP contribution in [0.15, 0.2) is 12.1 Å². The second-order valence-electron chi connectivity index (χ2n) is 5.73. The van der Waals surface area contributed by atoms with Crippen molar-refractivity contribution < 1.29 is 13.5 Å². The molecule has 0 heterocycles. The van der Waals surface area contributed by atoms with Crippen LogP contribution in [-0.4, -0.2) is 12.7 Å². The lowest BCUT2D eigenvalue weighted by Gasteiger charge is -2.29. The predicted octanol–water partition coefficient (Wildman–Crippen LogP) is 5.59. The molecule has 112 valence electrons. The van der Waals surface area contributed by atoms with Crippen LogP contribution in [0.4, 0.5) is 14.5 Å². The second-order valence-corrected chi connectivity index (χ2v) is 6.54. The highest BCUT2D eigenvalue weighted by Gasteiger charge is 2.34. The maximum atomic E-state index is 12.3. The minimum absolute atomic E-state index is 0.0797. The normalized spacial score (nSPS) is 21.2. The number of hydrogen-bond acceptors (Lipinski definition) is 2. The molecular formula is C14H17Cl2F2NO. The summed E-state index contributed by atoms with van der Waals surface area (Å²) in [6.07, 6.45) is 3.38. The van der Waals surface area contributed by atoms with E-state index >= 15 is 0 Å². The van der Waals surface area contributed by atoms with Crippen molar-refractivity contribution in [2.75, 3.05) is 5.32 Å². The lowest BCUT2D eigenvalue weighted by Crippen LogP contribution is -2.30. The zero-order valence-corrected chi connectivity index (χ0v) is 12.9. The number of benzene rings is 1. The molecule has 0 aromatic heterocycles. The first-order chi connectivity index (χ1) is 9.29. The van der Waals surface area contributed by atoms with Crippen LogP contribution in [0.3, 0.4) is 0 Å². The van der Waals surface area contributed by atoms with Crippen molar-refractivity contribution in [1.82, 2.24) is 0 Å². The third kappa shape index (κ3) is 3.47. The molecule has 1 aromatic carbocycles. The SMILES string of the molecule is CC1(C)CCCC1Nc1cc(Cl)c(OC(F)F)c(Cl)c1. The monoisotopic (exact) mass is 323 g/mol. The summed E-state index contributed by atoms with van der Waals surface area (Å²) in [6.45, 7) is 1.46. The molecule has 2 rings (SSSR count). The highest BCUT2D eigenvalue weighted by atomic mass is 35.5. The average molecular weight is 324 g/mol. The van der Waals surface area contributed by atoms with Crippen molar-refractivity contribution in [2.45, 2.75) is 45.8 Å². The number of alkyl halides is 2. The third-order valence-electron chi connectivity index (χ3n) is 3.80. The van der Waals surface area contributed by atoms with Gasteiger partial charge in [0.05, 0.1) is 10.0 Å². The molecule has 1 N–H and O–H groups in total. The van der Waals surface area contributed by atoms with Crippen LogP contribution in [0.2, 0.25) is 10.0 Å². The Morgan fingerprint density at radius 2 is 1.90 bits per heavy atom. The molecule has 0 spiro atoms. The first kappa shape index (κ1) is 15.6. The molecule has 0 amide bonds. The van der Waals surface area contributed by atoms with Gasteiger partial charge < -0.3 is 10.1 Å². The van der Waals surface area contributed by atoms with Gasteiger partial charge >= 0.3 is 6.61 Å². The molecule has 1 aliphatic carbocycles. The largest absolute Gasteiger partial charge is 0.432 e. The van der Waals surface area contributed by atoms with Crippen LogP contribution in [0.1, 0.15) is 33.1 Å². The van der Waals surface area contributed by atoms with E-state index in [1.807, 2.05) is 0 Å². The standard InChI is InChI=1S/C14H17Cl2F2NO/c1-14(2)5-3-4-11(14)19-8-6-9(15)12(10(16)7-8)20-13(17)18/h6-7,11,13,19H,3-5H2,1-2H3. The van der Waals surface area contributed by atoms with E-state index in [9.17, 15) is 8.78 Å². The molecule has 0 aliphatic heterocycles. The van der Waals surface area contributed by atoms with Crippen LogP contribution in [-0.2, 0) is 0 Å². The Balaban J connectivity index is 2.18. The Hall–Kier alpha value is -0.740. The van der Waals surface area contributed by atoms with Gasteiger partial charge in [-0.15, -0.1) is 0 Å². The summed E-state index contributed by atoms with van der Waals surface area (Å²) in [5.74, 6) is -0.181. The van der Waals surface area contributed by atoms with E-state index in [1.54, 1.807) is 12.1 Å². The minimum Gasteiger partial charge on any atom is -0.432 e. The van der Waals surface area contributed by atoms with Gasteiger partial charge in [-0.3, -0.25) is 0 Å². The van der Waals surface area contributed by atoms with Gasteiger partial charge in [-0.25, -0.2) is 0 Å². The molecule has 0 bridgehead atoms. The maximum absolute atomic E-state index is 12.3. The highest BCUT2D eigenvalue weighted by Crippen LogP contribution is 2.41. The Labute approximate surface area is 127 Å². The smallest absolute Gasteiger partial charge is 0.387 e. The van der Waals surface area contributed by atoms with Crippen molar-refractivity contribution in [2.24, 2.45) is 5.41 Å². The predicted molar refractivity (Wildman–Crippen MR) is 78.1 cm³/mol. The molecule has 6 heteroatoms. The van der Waals surface area contributed by atoms with Crippen molar-refractivity contribution in [3.63, 3.8) is 0 Å². The molecule has 0 saturated heterocycles. The molecule has 1 saturated carbocycles. The molecule has 0 radical (unpaired) electrons. The zero-order valence-electron chi connectivity index (χ0n) is 11.4. The summed E-state index contributed by atoms with van der Waals surface area (Å²) >= 11 is 11.9. The maximum Gasteiger partial charge on any atom is 0.387 e. The van der Waals surface area contributed by atoms with Crippen LogP contribution in [0, 0.1) is 5.41 Å². The Morgan fingerprint density at radius 1 is 1.30 bits per heavy atom. The highest BCUT2D eigenvalue weighted by molar-refractivity contribution is 6.37. The summed E-state index contributed by atoms with van der Waals surface area (Å²) in [4.78, 5) is 0. The van der Waals surface area contributed by atoms with Gasteiger partial charge in [-0.1, -0.05) is 43.5 Å². The topological polar surface area (TPSA) is 21.3 Å². The van der Waals surface area contributed by atoms with Gasteiger partial charge in [0, 0.05) is 11.7 Å². The molecule has 1 unspecified atom stereocenters. The molecule has 1 aromatic rings. The van der Waals surface area contributed by atoms with Crippen molar-refractivity contribution in [1.29, 1.82) is 0 Å². The molecular weight excluding hydrogens is 307 g/mol. The van der Waals surface area contributed by atoms with E-state index < -0.39 is 6.61 Å². The summed E-state index contributed by atoms with van der Waals surface area (Å²) < 4.78 is 28.8. The first-order valence-corrected chi connectivity index (χ1v) is 7.25. The summed E-state index contributed by atoms with van der Waals surface area (Å²) in [6, 6.07) is 3.45. The van der Waals surface area contributed by atoms with Crippen LogP contribution >= 0.6 is 23.2 Å². The van der Waals surface area contributed by atoms with E-state index in [0.29, 0.717) is 6.04 Å². The quantitative estimate of drug-likeness (QED) is 0.780. The fourth-order valence-electron chi connectivity index (χ4n) is 2.64. The van der Waals surface area contributed by atoms with Gasteiger partial charge in [-0.05, 0) is 30.4 Å². The minimum atomic E-state index is -2.95. The van der Waals surface area contributed by atoms with Crippen LogP contribution in [0.5, 0.6) is 5.75 Å². The fourth-order valence-corrected chi connectivity index (χ4v) is 3.22.